The number of amides is 1. The maximum absolute atomic E-state index is 13.3. The molecule has 2 heterocycles. The van der Waals surface area contributed by atoms with Gasteiger partial charge in [-0.05, 0) is 43.5 Å². The van der Waals surface area contributed by atoms with Crippen LogP contribution in [-0.2, 0) is 4.79 Å². The molecule has 1 aromatic carbocycles. The highest BCUT2D eigenvalue weighted by Crippen LogP contribution is 2.27. The molecule has 1 aliphatic heterocycles. The zero-order valence-electron chi connectivity index (χ0n) is 12.4. The number of carbonyl (C=O) groups is 1. The van der Waals surface area contributed by atoms with E-state index in [1.165, 1.54) is 6.07 Å². The number of aryl methyl sites for hydroxylation is 1. The second-order valence-electron chi connectivity index (χ2n) is 5.65. The molecule has 0 aliphatic carbocycles. The van der Waals surface area contributed by atoms with Gasteiger partial charge in [0.1, 0.15) is 11.6 Å². The molecular formula is C16H18FN3O2. The Kier molecular flexibility index (Phi) is 4.20. The smallest absolute Gasteiger partial charge is 0.239 e. The number of nitrogens with one attached hydrogen (secondary N) is 1. The lowest BCUT2D eigenvalue weighted by molar-refractivity contribution is -0.117. The van der Waals surface area contributed by atoms with E-state index in [9.17, 15) is 9.18 Å². The van der Waals surface area contributed by atoms with Crippen molar-refractivity contribution in [1.29, 1.82) is 0 Å². The SMILES string of the molecule is Cc1cc(NC(=O)CN2CC[C@H](c3cccc(F)c3)C2)no1. The van der Waals surface area contributed by atoms with Crippen LogP contribution in [0.4, 0.5) is 10.2 Å². The lowest BCUT2D eigenvalue weighted by Crippen LogP contribution is -2.31. The standard InChI is InChI=1S/C16H18FN3O2/c1-11-7-15(19-22-11)18-16(21)10-20-6-5-13(9-20)12-3-2-4-14(17)8-12/h2-4,7-8,13H,5-6,9-10H2,1H3,(H,18,19,21)/t13-/m0/s1. The van der Waals surface area contributed by atoms with Gasteiger partial charge in [-0.1, -0.05) is 17.3 Å². The Hall–Kier alpha value is -2.21. The largest absolute Gasteiger partial charge is 0.360 e. The molecule has 1 aromatic heterocycles. The average Bonchev–Trinajstić information content (AvgIpc) is 3.08. The first kappa shape index (κ1) is 14.7. The first-order chi connectivity index (χ1) is 10.6. The molecule has 0 radical (unpaired) electrons. The lowest BCUT2D eigenvalue weighted by atomic mass is 9.98. The van der Waals surface area contributed by atoms with Gasteiger partial charge >= 0.3 is 0 Å². The molecule has 1 amide bonds. The maximum atomic E-state index is 13.3. The summed E-state index contributed by atoms with van der Waals surface area (Å²) in [5.74, 6) is 1.03. The molecule has 2 aromatic rings. The van der Waals surface area contributed by atoms with Gasteiger partial charge in [-0.2, -0.15) is 0 Å². The molecule has 0 bridgehead atoms. The maximum Gasteiger partial charge on any atom is 0.239 e. The van der Waals surface area contributed by atoms with Crippen LogP contribution in [0.3, 0.4) is 0 Å². The highest BCUT2D eigenvalue weighted by molar-refractivity contribution is 5.91. The third kappa shape index (κ3) is 3.51. The Balaban J connectivity index is 1.53. The Bertz CT molecular complexity index is 671. The zero-order chi connectivity index (χ0) is 15.5. The molecule has 1 N–H and O–H groups in total. The number of hydrogen-bond acceptors (Lipinski definition) is 4. The number of likely N-dealkylation sites (tertiary alicyclic amines) is 1. The monoisotopic (exact) mass is 303 g/mol. The minimum atomic E-state index is -0.213. The fourth-order valence-corrected chi connectivity index (χ4v) is 2.82. The molecule has 22 heavy (non-hydrogen) atoms. The second kappa shape index (κ2) is 6.27. The summed E-state index contributed by atoms with van der Waals surface area (Å²) in [6.45, 7) is 3.66. The Morgan fingerprint density at radius 3 is 3.09 bits per heavy atom. The van der Waals surface area contributed by atoms with Gasteiger partial charge in [0, 0.05) is 12.6 Å². The molecule has 116 valence electrons. The van der Waals surface area contributed by atoms with Crippen molar-refractivity contribution in [1.82, 2.24) is 10.1 Å². The Morgan fingerprint density at radius 1 is 1.50 bits per heavy atom. The van der Waals surface area contributed by atoms with E-state index >= 15 is 0 Å². The topological polar surface area (TPSA) is 58.4 Å². The zero-order valence-corrected chi connectivity index (χ0v) is 12.4. The molecule has 1 aliphatic rings. The predicted octanol–water partition coefficient (Wildman–Crippen LogP) is 2.55. The van der Waals surface area contributed by atoms with Crippen molar-refractivity contribution in [3.05, 3.63) is 47.5 Å². The first-order valence-corrected chi connectivity index (χ1v) is 7.31. The number of hydrogen-bond donors (Lipinski definition) is 1. The number of anilines is 1. The van der Waals surface area contributed by atoms with Crippen molar-refractivity contribution in [3.63, 3.8) is 0 Å². The molecule has 1 saturated heterocycles. The molecule has 3 rings (SSSR count). The summed E-state index contributed by atoms with van der Waals surface area (Å²) in [6, 6.07) is 8.37. The van der Waals surface area contributed by atoms with Crippen LogP contribution < -0.4 is 5.32 Å². The number of rotatable bonds is 4. The summed E-state index contributed by atoms with van der Waals surface area (Å²) in [6.07, 6.45) is 0.930. The normalized spacial score (nSPS) is 18.5. The van der Waals surface area contributed by atoms with E-state index in [-0.39, 0.29) is 17.6 Å². The van der Waals surface area contributed by atoms with Gasteiger partial charge < -0.3 is 9.84 Å². The van der Waals surface area contributed by atoms with Gasteiger partial charge in [0.25, 0.3) is 0 Å². The van der Waals surface area contributed by atoms with Crippen LogP contribution in [0.2, 0.25) is 0 Å². The fraction of sp³-hybridized carbons (Fsp3) is 0.375. The Morgan fingerprint density at radius 2 is 2.36 bits per heavy atom. The number of carbonyl (C=O) groups excluding carboxylic acids is 1. The summed E-state index contributed by atoms with van der Waals surface area (Å²) in [4.78, 5) is 14.0. The molecular weight excluding hydrogens is 285 g/mol. The van der Waals surface area contributed by atoms with Crippen molar-refractivity contribution >= 4 is 11.7 Å². The average molecular weight is 303 g/mol. The predicted molar refractivity (Wildman–Crippen MR) is 80.1 cm³/mol. The van der Waals surface area contributed by atoms with Gasteiger partial charge in [-0.15, -0.1) is 0 Å². The van der Waals surface area contributed by atoms with E-state index in [4.69, 9.17) is 4.52 Å². The summed E-state index contributed by atoms with van der Waals surface area (Å²) < 4.78 is 18.2. The summed E-state index contributed by atoms with van der Waals surface area (Å²) in [5.41, 5.74) is 0.995. The quantitative estimate of drug-likeness (QED) is 0.943. The van der Waals surface area contributed by atoms with Crippen LogP contribution in [0.15, 0.2) is 34.9 Å². The molecule has 1 fully saturated rings. The Labute approximate surface area is 128 Å². The van der Waals surface area contributed by atoms with E-state index in [1.54, 1.807) is 25.1 Å². The van der Waals surface area contributed by atoms with Crippen LogP contribution in [-0.4, -0.2) is 35.6 Å². The van der Waals surface area contributed by atoms with E-state index in [2.05, 4.69) is 15.4 Å². The number of aromatic nitrogens is 1. The fourth-order valence-electron chi connectivity index (χ4n) is 2.82. The number of halogens is 1. The van der Waals surface area contributed by atoms with E-state index in [0.717, 1.165) is 25.1 Å². The third-order valence-electron chi connectivity index (χ3n) is 3.86. The lowest BCUT2D eigenvalue weighted by Gasteiger charge is -2.15. The van der Waals surface area contributed by atoms with Gasteiger partial charge in [-0.3, -0.25) is 9.69 Å². The minimum absolute atomic E-state index is 0.117. The van der Waals surface area contributed by atoms with Crippen molar-refractivity contribution in [2.75, 3.05) is 25.0 Å². The van der Waals surface area contributed by atoms with Crippen LogP contribution in [0.5, 0.6) is 0 Å². The van der Waals surface area contributed by atoms with Crippen molar-refractivity contribution < 1.29 is 13.7 Å². The number of nitrogens with zero attached hydrogens (tertiary/aromatic N) is 2. The summed E-state index contributed by atoms with van der Waals surface area (Å²) in [7, 11) is 0. The van der Waals surface area contributed by atoms with Gasteiger partial charge in [0.2, 0.25) is 5.91 Å². The second-order valence-corrected chi connectivity index (χ2v) is 5.65. The van der Waals surface area contributed by atoms with Gasteiger partial charge in [-0.25, -0.2) is 4.39 Å². The van der Waals surface area contributed by atoms with Gasteiger partial charge in [0.15, 0.2) is 5.82 Å². The molecule has 6 heteroatoms. The van der Waals surface area contributed by atoms with Crippen molar-refractivity contribution in [2.45, 2.75) is 19.3 Å². The minimum Gasteiger partial charge on any atom is -0.360 e. The van der Waals surface area contributed by atoms with Crippen LogP contribution in [0.25, 0.3) is 0 Å². The van der Waals surface area contributed by atoms with Crippen LogP contribution in [0, 0.1) is 12.7 Å². The molecule has 1 atom stereocenters. The summed E-state index contributed by atoms with van der Waals surface area (Å²) in [5, 5.41) is 6.44. The number of benzene rings is 1. The third-order valence-corrected chi connectivity index (χ3v) is 3.86. The van der Waals surface area contributed by atoms with Crippen LogP contribution >= 0.6 is 0 Å². The molecule has 0 spiro atoms. The molecule has 0 unspecified atom stereocenters. The highest BCUT2D eigenvalue weighted by Gasteiger charge is 2.25. The van der Waals surface area contributed by atoms with Crippen molar-refractivity contribution in [2.24, 2.45) is 0 Å². The van der Waals surface area contributed by atoms with E-state index in [1.807, 2.05) is 6.07 Å². The van der Waals surface area contributed by atoms with E-state index in [0.29, 0.717) is 18.1 Å². The van der Waals surface area contributed by atoms with Crippen LogP contribution in [0.1, 0.15) is 23.7 Å². The summed E-state index contributed by atoms with van der Waals surface area (Å²) >= 11 is 0. The van der Waals surface area contributed by atoms with Gasteiger partial charge in [0.05, 0.1) is 6.54 Å². The highest BCUT2D eigenvalue weighted by atomic mass is 19.1. The molecule has 0 saturated carbocycles. The first-order valence-electron chi connectivity index (χ1n) is 7.31. The molecule has 5 nitrogen and oxygen atoms in total. The van der Waals surface area contributed by atoms with E-state index < -0.39 is 0 Å². The van der Waals surface area contributed by atoms with Crippen molar-refractivity contribution in [3.8, 4) is 0 Å².